The first kappa shape index (κ1) is 17.7. The number of likely N-dealkylation sites (tertiary alicyclic amines) is 1. The van der Waals surface area contributed by atoms with Crippen LogP contribution in [0.3, 0.4) is 0 Å². The van der Waals surface area contributed by atoms with E-state index in [0.29, 0.717) is 5.92 Å². The van der Waals surface area contributed by atoms with Crippen LogP contribution in [0.5, 0.6) is 0 Å². The molecule has 0 radical (unpaired) electrons. The second kappa shape index (κ2) is 8.73. The van der Waals surface area contributed by atoms with E-state index in [1.165, 1.54) is 5.56 Å². The minimum atomic E-state index is 0. The second-order valence-corrected chi connectivity index (χ2v) is 4.43. The number of halogens is 2. The average molecular weight is 293 g/mol. The molecule has 0 aromatic heterocycles. The Hall–Kier alpha value is -0.320. The summed E-state index contributed by atoms with van der Waals surface area (Å²) >= 11 is 0. The Morgan fingerprint density at radius 2 is 1.89 bits per heavy atom. The Labute approximate surface area is 121 Å². The minimum absolute atomic E-state index is 0. The van der Waals surface area contributed by atoms with E-state index in [1.807, 2.05) is 6.07 Å². The molecule has 2 atom stereocenters. The molecule has 1 aliphatic heterocycles. The molecule has 3 nitrogen and oxygen atoms in total. The predicted octanol–water partition coefficient (Wildman–Crippen LogP) is 1.90. The third-order valence-electron chi connectivity index (χ3n) is 3.28. The second-order valence-electron chi connectivity index (χ2n) is 4.43. The molecule has 18 heavy (non-hydrogen) atoms. The van der Waals surface area contributed by atoms with Crippen LogP contribution in [0.1, 0.15) is 11.5 Å². The average Bonchev–Trinajstić information content (AvgIpc) is 2.69. The van der Waals surface area contributed by atoms with E-state index in [4.69, 9.17) is 10.5 Å². The molecule has 1 saturated heterocycles. The first-order chi connectivity index (χ1) is 7.81. The van der Waals surface area contributed by atoms with Crippen molar-refractivity contribution in [3.05, 3.63) is 35.9 Å². The number of hydrogen-bond acceptors (Lipinski definition) is 3. The lowest BCUT2D eigenvalue weighted by atomic mass is 9.95. The van der Waals surface area contributed by atoms with Crippen molar-refractivity contribution < 1.29 is 4.74 Å². The van der Waals surface area contributed by atoms with E-state index in [-0.39, 0.29) is 30.9 Å². The Kier molecular flexibility index (Phi) is 8.57. The quantitative estimate of drug-likeness (QED) is 0.921. The van der Waals surface area contributed by atoms with Crippen LogP contribution in [-0.2, 0) is 4.74 Å². The predicted molar refractivity (Wildman–Crippen MR) is 80.0 cm³/mol. The maximum absolute atomic E-state index is 6.19. The van der Waals surface area contributed by atoms with Crippen molar-refractivity contribution in [2.45, 2.75) is 12.0 Å². The number of benzene rings is 1. The molecule has 0 aliphatic carbocycles. The molecule has 1 unspecified atom stereocenters. The van der Waals surface area contributed by atoms with Crippen LogP contribution in [0, 0.1) is 0 Å². The van der Waals surface area contributed by atoms with Gasteiger partial charge in [0.15, 0.2) is 0 Å². The number of nitrogens with zero attached hydrogens (tertiary/aromatic N) is 1. The number of ether oxygens (including phenoxy) is 1. The van der Waals surface area contributed by atoms with Crippen molar-refractivity contribution in [1.29, 1.82) is 0 Å². The van der Waals surface area contributed by atoms with Crippen molar-refractivity contribution in [3.63, 3.8) is 0 Å². The zero-order chi connectivity index (χ0) is 11.4. The van der Waals surface area contributed by atoms with E-state index in [9.17, 15) is 0 Å². The summed E-state index contributed by atoms with van der Waals surface area (Å²) in [6, 6.07) is 10.8. The highest BCUT2D eigenvalue weighted by Gasteiger charge is 2.30. The Bertz CT molecular complexity index is 324. The first-order valence-electron chi connectivity index (χ1n) is 5.83. The molecule has 2 rings (SSSR count). The molecule has 1 aliphatic rings. The van der Waals surface area contributed by atoms with Gasteiger partial charge in [0.1, 0.15) is 0 Å². The summed E-state index contributed by atoms with van der Waals surface area (Å²) in [6.07, 6.45) is 0. The largest absolute Gasteiger partial charge is 0.383 e. The summed E-state index contributed by atoms with van der Waals surface area (Å²) in [4.78, 5) is 2.38. The monoisotopic (exact) mass is 292 g/mol. The van der Waals surface area contributed by atoms with Gasteiger partial charge in [-0.2, -0.15) is 0 Å². The highest BCUT2D eigenvalue weighted by molar-refractivity contribution is 5.85. The molecule has 2 N–H and O–H groups in total. The fraction of sp³-hybridized carbons (Fsp3) is 0.538. The van der Waals surface area contributed by atoms with Gasteiger partial charge in [0, 0.05) is 38.7 Å². The molecular formula is C13H22Cl2N2O. The maximum atomic E-state index is 6.19. The van der Waals surface area contributed by atoms with Gasteiger partial charge < -0.3 is 10.5 Å². The summed E-state index contributed by atoms with van der Waals surface area (Å²) in [5.74, 6) is 0.470. The molecule has 1 aromatic carbocycles. The van der Waals surface area contributed by atoms with Crippen LogP contribution in [0.2, 0.25) is 0 Å². The fourth-order valence-corrected chi connectivity index (χ4v) is 2.37. The van der Waals surface area contributed by atoms with E-state index < -0.39 is 0 Å². The van der Waals surface area contributed by atoms with Gasteiger partial charge >= 0.3 is 0 Å². The molecule has 1 aromatic rings. The van der Waals surface area contributed by atoms with Crippen LogP contribution < -0.4 is 5.73 Å². The topological polar surface area (TPSA) is 38.5 Å². The molecule has 104 valence electrons. The van der Waals surface area contributed by atoms with Crippen molar-refractivity contribution in [2.75, 3.05) is 33.4 Å². The van der Waals surface area contributed by atoms with Gasteiger partial charge in [0.2, 0.25) is 0 Å². The fourth-order valence-electron chi connectivity index (χ4n) is 2.37. The van der Waals surface area contributed by atoms with Gasteiger partial charge in [0.05, 0.1) is 6.61 Å². The van der Waals surface area contributed by atoms with Gasteiger partial charge in [0.25, 0.3) is 0 Å². The van der Waals surface area contributed by atoms with Crippen LogP contribution in [0.4, 0.5) is 0 Å². The lowest BCUT2D eigenvalue weighted by Gasteiger charge is -2.15. The molecule has 1 fully saturated rings. The van der Waals surface area contributed by atoms with Crippen molar-refractivity contribution >= 4 is 24.8 Å². The summed E-state index contributed by atoms with van der Waals surface area (Å²) in [7, 11) is 1.74. The third-order valence-corrected chi connectivity index (χ3v) is 3.28. The summed E-state index contributed by atoms with van der Waals surface area (Å²) in [5, 5.41) is 0. The number of nitrogens with two attached hydrogens (primary N) is 1. The van der Waals surface area contributed by atoms with Gasteiger partial charge in [-0.25, -0.2) is 0 Å². The minimum Gasteiger partial charge on any atom is -0.383 e. The van der Waals surface area contributed by atoms with Crippen LogP contribution in [0.25, 0.3) is 0 Å². The number of methoxy groups -OCH3 is 1. The first-order valence-corrected chi connectivity index (χ1v) is 5.83. The van der Waals surface area contributed by atoms with E-state index in [1.54, 1.807) is 7.11 Å². The molecule has 0 saturated carbocycles. The van der Waals surface area contributed by atoms with E-state index >= 15 is 0 Å². The molecule has 1 heterocycles. The van der Waals surface area contributed by atoms with Crippen molar-refractivity contribution in [2.24, 2.45) is 5.73 Å². The van der Waals surface area contributed by atoms with Gasteiger partial charge in [-0.1, -0.05) is 30.3 Å². The third kappa shape index (κ3) is 4.41. The lowest BCUT2D eigenvalue weighted by molar-refractivity contribution is 0.160. The normalized spacial score (nSPS) is 23.2. The molecule has 5 heteroatoms. The van der Waals surface area contributed by atoms with E-state index in [2.05, 4.69) is 29.2 Å². The Balaban J connectivity index is 0.00000144. The van der Waals surface area contributed by atoms with Crippen LogP contribution in [0.15, 0.2) is 30.3 Å². The van der Waals surface area contributed by atoms with Gasteiger partial charge in [-0.15, -0.1) is 24.8 Å². The number of rotatable bonds is 4. The lowest BCUT2D eigenvalue weighted by Crippen LogP contribution is -2.30. The molecule has 0 bridgehead atoms. The highest BCUT2D eigenvalue weighted by atomic mass is 35.5. The molecule has 0 amide bonds. The van der Waals surface area contributed by atoms with Crippen molar-refractivity contribution in [1.82, 2.24) is 4.90 Å². The maximum Gasteiger partial charge on any atom is 0.0589 e. The SMILES string of the molecule is COCCN1CC(c2ccccc2)[C@H](N)C1.Cl.Cl. The van der Waals surface area contributed by atoms with Gasteiger partial charge in [-0.3, -0.25) is 4.90 Å². The standard InChI is InChI=1S/C13H20N2O.2ClH/c1-16-8-7-15-9-12(13(14)10-15)11-5-3-2-4-6-11;;/h2-6,12-13H,7-10,14H2,1H3;2*1H/t12?,13-;;/m1../s1. The zero-order valence-electron chi connectivity index (χ0n) is 10.6. The zero-order valence-corrected chi connectivity index (χ0v) is 12.3. The summed E-state index contributed by atoms with van der Waals surface area (Å²) in [5.41, 5.74) is 7.55. The van der Waals surface area contributed by atoms with Gasteiger partial charge in [-0.05, 0) is 5.56 Å². The van der Waals surface area contributed by atoms with Crippen LogP contribution in [-0.4, -0.2) is 44.3 Å². The number of hydrogen-bond donors (Lipinski definition) is 1. The summed E-state index contributed by atoms with van der Waals surface area (Å²) < 4.78 is 5.10. The smallest absolute Gasteiger partial charge is 0.0589 e. The summed E-state index contributed by atoms with van der Waals surface area (Å²) in [6.45, 7) is 3.79. The molecule has 0 spiro atoms. The molecular weight excluding hydrogens is 271 g/mol. The van der Waals surface area contributed by atoms with Crippen molar-refractivity contribution in [3.8, 4) is 0 Å². The van der Waals surface area contributed by atoms with E-state index in [0.717, 1.165) is 26.2 Å². The Morgan fingerprint density at radius 1 is 1.22 bits per heavy atom. The Morgan fingerprint density at radius 3 is 2.50 bits per heavy atom. The van der Waals surface area contributed by atoms with Crippen LogP contribution >= 0.6 is 24.8 Å². The highest BCUT2D eigenvalue weighted by Crippen LogP contribution is 2.25.